The van der Waals surface area contributed by atoms with E-state index >= 15 is 0 Å². The Morgan fingerprint density at radius 3 is 1.34 bits per heavy atom. The first-order valence-corrected chi connectivity index (χ1v) is 19.9. The van der Waals surface area contributed by atoms with E-state index < -0.39 is 0 Å². The molecule has 0 radical (unpaired) electrons. The summed E-state index contributed by atoms with van der Waals surface area (Å²) < 4.78 is 0. The second-order valence-electron chi connectivity index (χ2n) is 16.8. The highest BCUT2D eigenvalue weighted by atomic mass is 14.4. The molecule has 0 saturated carbocycles. The van der Waals surface area contributed by atoms with E-state index in [9.17, 15) is 0 Å². The maximum atomic E-state index is 2.49. The third kappa shape index (κ3) is 4.66. The summed E-state index contributed by atoms with van der Waals surface area (Å²) in [4.78, 5) is 0. The van der Waals surface area contributed by atoms with Gasteiger partial charge in [0.15, 0.2) is 0 Å². The predicted octanol–water partition coefficient (Wildman–Crippen LogP) is 15.3. The van der Waals surface area contributed by atoms with Crippen molar-refractivity contribution in [2.24, 2.45) is 0 Å². The molecule has 0 bridgehead atoms. The van der Waals surface area contributed by atoms with Crippen LogP contribution >= 0.6 is 0 Å². The van der Waals surface area contributed by atoms with Gasteiger partial charge in [0.1, 0.15) is 0 Å². The van der Waals surface area contributed by atoms with Crippen molar-refractivity contribution in [2.75, 3.05) is 0 Å². The number of fused-ring (bicyclic) bond motifs is 8. The Hall–Kier alpha value is -6.50. The van der Waals surface area contributed by atoms with Gasteiger partial charge in [-0.25, -0.2) is 0 Å². The van der Waals surface area contributed by atoms with Crippen molar-refractivity contribution in [3.8, 4) is 66.8 Å². The Labute approximate surface area is 329 Å². The summed E-state index contributed by atoms with van der Waals surface area (Å²) in [5, 5.41) is 5.08. The third-order valence-corrected chi connectivity index (χ3v) is 13.1. The first kappa shape index (κ1) is 32.9. The molecule has 2 aliphatic carbocycles. The molecule has 2 aliphatic rings. The standard InChI is InChI=1S/C56H42/c1-55(2)49-24-14-12-19-40(49)42-29-27-37(33-51(42)55)39-18-8-9-21-44(39)54-46-23-11-10-22-45(46)53(48-32-36(26-31-47(48)54)35-16-6-5-7-17-35)38-28-30-43-41-20-13-15-25-50(41)56(3,4)52(43)34-38/h5-34H,1-4H3. The normalized spacial score (nSPS) is 14.4. The van der Waals surface area contributed by atoms with Gasteiger partial charge in [0, 0.05) is 10.8 Å². The van der Waals surface area contributed by atoms with E-state index in [1.165, 1.54) is 111 Å². The summed E-state index contributed by atoms with van der Waals surface area (Å²) in [5.41, 5.74) is 20.9. The zero-order chi connectivity index (χ0) is 37.8. The molecule has 0 unspecified atom stereocenters. The van der Waals surface area contributed by atoms with Crippen LogP contribution in [0.2, 0.25) is 0 Å². The topological polar surface area (TPSA) is 0 Å². The van der Waals surface area contributed by atoms with Crippen LogP contribution in [-0.2, 0) is 10.8 Å². The molecule has 0 heteroatoms. The molecule has 266 valence electrons. The lowest BCUT2D eigenvalue weighted by atomic mass is 9.79. The van der Waals surface area contributed by atoms with E-state index in [-0.39, 0.29) is 10.8 Å². The average Bonchev–Trinajstić information content (AvgIpc) is 3.61. The minimum atomic E-state index is -0.0899. The number of benzene rings is 9. The van der Waals surface area contributed by atoms with Crippen molar-refractivity contribution in [3.63, 3.8) is 0 Å². The minimum Gasteiger partial charge on any atom is -0.0622 e. The van der Waals surface area contributed by atoms with Gasteiger partial charge in [0.25, 0.3) is 0 Å². The van der Waals surface area contributed by atoms with E-state index in [2.05, 4.69) is 210 Å². The molecule has 0 aromatic heterocycles. The Morgan fingerprint density at radius 2 is 0.696 bits per heavy atom. The van der Waals surface area contributed by atoms with Crippen LogP contribution in [0.5, 0.6) is 0 Å². The molecule has 0 spiro atoms. The quantitative estimate of drug-likeness (QED) is 0.159. The van der Waals surface area contributed by atoms with E-state index in [4.69, 9.17) is 0 Å². The smallest absolute Gasteiger partial charge is 0.0159 e. The van der Waals surface area contributed by atoms with E-state index in [0.29, 0.717) is 0 Å². The molecule has 0 atom stereocenters. The number of rotatable bonds is 4. The molecule has 0 heterocycles. The molecule has 0 amide bonds. The SMILES string of the molecule is CC1(C)c2ccccc2-c2ccc(-c3ccccc3-c3c4ccccc4c(-c4ccc5c(c4)C(C)(C)c4ccccc4-5)c4cc(-c5ccccc5)ccc34)cc21. The van der Waals surface area contributed by atoms with Gasteiger partial charge in [0.2, 0.25) is 0 Å². The number of hydrogen-bond acceptors (Lipinski definition) is 0. The minimum absolute atomic E-state index is 0.0719. The Balaban J connectivity index is 1.19. The molecule has 9 aromatic rings. The lowest BCUT2D eigenvalue weighted by molar-refractivity contribution is 0.660. The van der Waals surface area contributed by atoms with Crippen LogP contribution in [0, 0.1) is 0 Å². The van der Waals surface area contributed by atoms with Crippen LogP contribution in [0.4, 0.5) is 0 Å². The van der Waals surface area contributed by atoms with Gasteiger partial charge in [-0.15, -0.1) is 0 Å². The average molecular weight is 715 g/mol. The van der Waals surface area contributed by atoms with Crippen molar-refractivity contribution >= 4 is 21.5 Å². The summed E-state index contributed by atoms with van der Waals surface area (Å²) in [6, 6.07) is 68.4. The second kappa shape index (κ2) is 12.0. The zero-order valence-electron chi connectivity index (χ0n) is 32.3. The molecule has 9 aromatic carbocycles. The second-order valence-corrected chi connectivity index (χ2v) is 16.8. The molecular weight excluding hydrogens is 673 g/mol. The van der Waals surface area contributed by atoms with Crippen LogP contribution in [0.3, 0.4) is 0 Å². The highest BCUT2D eigenvalue weighted by Gasteiger charge is 2.37. The van der Waals surface area contributed by atoms with Crippen molar-refractivity contribution in [1.29, 1.82) is 0 Å². The summed E-state index contributed by atoms with van der Waals surface area (Å²) >= 11 is 0. The molecule has 0 saturated heterocycles. The molecule has 0 aliphatic heterocycles. The van der Waals surface area contributed by atoms with Gasteiger partial charge in [-0.1, -0.05) is 191 Å². The van der Waals surface area contributed by atoms with Crippen LogP contribution in [0.15, 0.2) is 182 Å². The summed E-state index contributed by atoms with van der Waals surface area (Å²) in [6.07, 6.45) is 0. The highest BCUT2D eigenvalue weighted by molar-refractivity contribution is 6.23. The van der Waals surface area contributed by atoms with E-state index in [1.54, 1.807) is 0 Å². The van der Waals surface area contributed by atoms with Crippen molar-refractivity contribution in [3.05, 3.63) is 204 Å². The molecule has 0 nitrogen and oxygen atoms in total. The zero-order valence-corrected chi connectivity index (χ0v) is 32.3. The van der Waals surface area contributed by atoms with E-state index in [1.807, 2.05) is 0 Å². The fraction of sp³-hybridized carbons (Fsp3) is 0.107. The Bertz CT molecular complexity index is 3060. The fourth-order valence-electron chi connectivity index (χ4n) is 10.3. The lowest BCUT2D eigenvalue weighted by Gasteiger charge is -2.24. The van der Waals surface area contributed by atoms with Crippen LogP contribution in [0.1, 0.15) is 49.9 Å². The maximum Gasteiger partial charge on any atom is 0.0159 e. The van der Waals surface area contributed by atoms with E-state index in [0.717, 1.165) is 0 Å². The van der Waals surface area contributed by atoms with Crippen molar-refractivity contribution < 1.29 is 0 Å². The van der Waals surface area contributed by atoms with Crippen LogP contribution < -0.4 is 0 Å². The van der Waals surface area contributed by atoms with Crippen LogP contribution in [0.25, 0.3) is 88.3 Å². The lowest BCUT2D eigenvalue weighted by Crippen LogP contribution is -2.14. The first-order chi connectivity index (χ1) is 27.3. The van der Waals surface area contributed by atoms with Gasteiger partial charge in [-0.05, 0) is 129 Å². The summed E-state index contributed by atoms with van der Waals surface area (Å²) in [7, 11) is 0. The monoisotopic (exact) mass is 714 g/mol. The number of hydrogen-bond donors (Lipinski definition) is 0. The molecule has 0 fully saturated rings. The Kier molecular flexibility index (Phi) is 7.05. The molecule has 11 rings (SSSR count). The molecular formula is C56H42. The van der Waals surface area contributed by atoms with Crippen LogP contribution in [-0.4, -0.2) is 0 Å². The summed E-state index contributed by atoms with van der Waals surface area (Å²) in [6.45, 7) is 9.50. The Morgan fingerprint density at radius 1 is 0.250 bits per heavy atom. The first-order valence-electron chi connectivity index (χ1n) is 19.9. The van der Waals surface area contributed by atoms with Crippen molar-refractivity contribution in [2.45, 2.75) is 38.5 Å². The largest absolute Gasteiger partial charge is 0.0622 e. The predicted molar refractivity (Wildman–Crippen MR) is 238 cm³/mol. The van der Waals surface area contributed by atoms with Gasteiger partial charge in [-0.2, -0.15) is 0 Å². The van der Waals surface area contributed by atoms with Gasteiger partial charge < -0.3 is 0 Å². The summed E-state index contributed by atoms with van der Waals surface area (Å²) in [5.74, 6) is 0. The van der Waals surface area contributed by atoms with Gasteiger partial charge in [-0.3, -0.25) is 0 Å². The molecule has 0 N–H and O–H groups in total. The fourth-order valence-corrected chi connectivity index (χ4v) is 10.3. The van der Waals surface area contributed by atoms with Gasteiger partial charge in [0.05, 0.1) is 0 Å². The van der Waals surface area contributed by atoms with Crippen molar-refractivity contribution in [1.82, 2.24) is 0 Å². The maximum absolute atomic E-state index is 2.49. The third-order valence-electron chi connectivity index (χ3n) is 13.1. The van der Waals surface area contributed by atoms with Gasteiger partial charge >= 0.3 is 0 Å². The molecule has 56 heavy (non-hydrogen) atoms. The highest BCUT2D eigenvalue weighted by Crippen LogP contribution is 2.53.